The van der Waals surface area contributed by atoms with Crippen LogP contribution in [-0.2, 0) is 4.76 Å². The molecule has 0 amide bonds. The van der Waals surface area contributed by atoms with Gasteiger partial charge in [0.25, 0.3) is 0 Å². The van der Waals surface area contributed by atoms with E-state index in [2.05, 4.69) is 0 Å². The lowest BCUT2D eigenvalue weighted by Crippen LogP contribution is -2.32. The van der Waals surface area contributed by atoms with Crippen molar-refractivity contribution in [1.82, 2.24) is 0 Å². The third kappa shape index (κ3) is 3.98. The molecule has 0 aliphatic heterocycles. The first kappa shape index (κ1) is 5.98. The average Bonchev–Trinajstić information content (AvgIpc) is 1.35. The van der Waals surface area contributed by atoms with E-state index in [0.717, 1.165) is 0 Å². The molecule has 0 saturated heterocycles. The number of hydrogen-bond acceptors (Lipinski definition) is 1. The molecule has 2 nitrogen and oxygen atoms in total. The van der Waals surface area contributed by atoms with Gasteiger partial charge in [-0.3, -0.25) is 4.76 Å². The Bertz CT molecular complexity index is 40.5. The fourth-order valence-electron chi connectivity index (χ4n) is 0. The van der Waals surface area contributed by atoms with Crippen LogP contribution in [0.1, 0.15) is 0 Å². The van der Waals surface area contributed by atoms with E-state index in [1.807, 2.05) is 21.1 Å². The molecule has 0 aromatic heterocycles. The number of nitrogens with zero attached hydrogens (tertiary/aromatic N) is 1. The smallest absolute Gasteiger partial charge is 0.284 e. The Morgan fingerprint density at radius 1 is 1.33 bits per heavy atom. The molecule has 0 fully saturated rings. The number of quaternary nitrogens is 1. The van der Waals surface area contributed by atoms with Gasteiger partial charge in [-0.15, -0.1) is 0 Å². The molecule has 36 valence electrons. The second-order valence-electron chi connectivity index (χ2n) is 2.07. The Morgan fingerprint density at radius 3 is 1.50 bits per heavy atom. The standard InChI is InChI=1S/C3H11BNO/c1-5(2,3)6-4/h4H2,1-3H3/q+1. The van der Waals surface area contributed by atoms with Gasteiger partial charge in [0.05, 0.1) is 21.1 Å². The van der Waals surface area contributed by atoms with E-state index in [-0.39, 0.29) is 0 Å². The van der Waals surface area contributed by atoms with Crippen LogP contribution in [0.15, 0.2) is 0 Å². The van der Waals surface area contributed by atoms with Gasteiger partial charge in [-0.05, 0) is 0 Å². The fraction of sp³-hybridized carbons (Fsp3) is 1.00. The summed E-state index contributed by atoms with van der Waals surface area (Å²) in [4.78, 5) is 0. The Labute approximate surface area is 39.7 Å². The lowest BCUT2D eigenvalue weighted by Gasteiger charge is -2.18. The molecule has 0 unspecified atom stereocenters. The van der Waals surface area contributed by atoms with E-state index in [4.69, 9.17) is 4.76 Å². The zero-order valence-electron chi connectivity index (χ0n) is 4.86. The van der Waals surface area contributed by atoms with Crippen LogP contribution >= 0.6 is 0 Å². The minimum atomic E-state index is 0.569. The van der Waals surface area contributed by atoms with Gasteiger partial charge in [0.1, 0.15) is 0 Å². The summed E-state index contributed by atoms with van der Waals surface area (Å²) in [5.74, 6) is 0. The van der Waals surface area contributed by atoms with Gasteiger partial charge in [-0.2, -0.15) is 0 Å². The first-order valence-corrected chi connectivity index (χ1v) is 1.93. The maximum atomic E-state index is 4.88. The van der Waals surface area contributed by atoms with Gasteiger partial charge in [-0.1, -0.05) is 0 Å². The van der Waals surface area contributed by atoms with E-state index in [9.17, 15) is 0 Å². The summed E-state index contributed by atoms with van der Waals surface area (Å²) < 4.78 is 5.44. The van der Waals surface area contributed by atoms with Gasteiger partial charge < -0.3 is 0 Å². The molecular weight excluding hydrogens is 76.9 g/mol. The highest BCUT2D eigenvalue weighted by molar-refractivity contribution is 5.97. The van der Waals surface area contributed by atoms with Crippen molar-refractivity contribution in [3.8, 4) is 0 Å². The van der Waals surface area contributed by atoms with Crippen molar-refractivity contribution in [2.45, 2.75) is 0 Å². The highest BCUT2D eigenvalue weighted by atomic mass is 16.7. The summed E-state index contributed by atoms with van der Waals surface area (Å²) >= 11 is 0. The van der Waals surface area contributed by atoms with Crippen molar-refractivity contribution in [3.63, 3.8) is 0 Å². The van der Waals surface area contributed by atoms with Crippen LogP contribution in [0.4, 0.5) is 0 Å². The van der Waals surface area contributed by atoms with Crippen LogP contribution in [0.3, 0.4) is 0 Å². The van der Waals surface area contributed by atoms with Crippen molar-refractivity contribution in [1.29, 1.82) is 0 Å². The van der Waals surface area contributed by atoms with Crippen LogP contribution in [0.5, 0.6) is 0 Å². The molecule has 0 spiro atoms. The summed E-state index contributed by atoms with van der Waals surface area (Å²) in [6.45, 7) is 0. The molecule has 0 radical (unpaired) electrons. The second-order valence-corrected chi connectivity index (χ2v) is 2.07. The molecule has 0 atom stereocenters. The van der Waals surface area contributed by atoms with E-state index in [0.29, 0.717) is 4.65 Å². The molecule has 0 aliphatic rings. The Morgan fingerprint density at radius 2 is 1.50 bits per heavy atom. The van der Waals surface area contributed by atoms with E-state index in [1.165, 1.54) is 0 Å². The molecule has 0 aromatic carbocycles. The van der Waals surface area contributed by atoms with Gasteiger partial charge >= 0.3 is 8.05 Å². The maximum absolute atomic E-state index is 4.88. The van der Waals surface area contributed by atoms with Crippen molar-refractivity contribution >= 4 is 8.05 Å². The predicted molar refractivity (Wildman–Crippen MR) is 27.7 cm³/mol. The summed E-state index contributed by atoms with van der Waals surface area (Å²) in [5, 5.41) is 0. The fourth-order valence-corrected chi connectivity index (χ4v) is 0. The third-order valence-corrected chi connectivity index (χ3v) is 0.548. The summed E-state index contributed by atoms with van der Waals surface area (Å²) in [6, 6.07) is 0. The van der Waals surface area contributed by atoms with Gasteiger partial charge in [-0.25, -0.2) is 4.65 Å². The maximum Gasteiger partial charge on any atom is 0.340 e. The summed E-state index contributed by atoms with van der Waals surface area (Å²) in [7, 11) is 7.56. The SMILES string of the molecule is BO[N+](C)(C)C. The van der Waals surface area contributed by atoms with Gasteiger partial charge in [0, 0.05) is 0 Å². The van der Waals surface area contributed by atoms with Crippen molar-refractivity contribution in [3.05, 3.63) is 0 Å². The average molecular weight is 87.9 g/mol. The summed E-state index contributed by atoms with van der Waals surface area (Å²) in [6.07, 6.45) is 0. The zero-order valence-corrected chi connectivity index (χ0v) is 4.86. The monoisotopic (exact) mass is 88.1 g/mol. The van der Waals surface area contributed by atoms with Crippen molar-refractivity contribution < 1.29 is 9.40 Å². The van der Waals surface area contributed by atoms with Gasteiger partial charge in [0.15, 0.2) is 0 Å². The molecule has 0 bridgehead atoms. The highest BCUT2D eigenvalue weighted by Crippen LogP contribution is 1.83. The van der Waals surface area contributed by atoms with Crippen LogP contribution in [0, 0.1) is 0 Å². The van der Waals surface area contributed by atoms with E-state index in [1.54, 1.807) is 8.05 Å². The second kappa shape index (κ2) is 1.62. The van der Waals surface area contributed by atoms with Crippen LogP contribution in [-0.4, -0.2) is 33.8 Å². The third-order valence-electron chi connectivity index (χ3n) is 0.548. The van der Waals surface area contributed by atoms with E-state index < -0.39 is 0 Å². The van der Waals surface area contributed by atoms with Crippen molar-refractivity contribution in [2.24, 2.45) is 0 Å². The zero-order chi connectivity index (χ0) is 5.21. The van der Waals surface area contributed by atoms with Gasteiger partial charge in [0.2, 0.25) is 0 Å². The molecule has 6 heavy (non-hydrogen) atoms. The Hall–Kier alpha value is -0.0151. The highest BCUT2D eigenvalue weighted by Gasteiger charge is 1.99. The predicted octanol–water partition coefficient (Wildman–Crippen LogP) is -0.828. The van der Waals surface area contributed by atoms with Crippen LogP contribution in [0.25, 0.3) is 0 Å². The molecule has 0 aromatic rings. The molecular formula is C3H11BNO+. The van der Waals surface area contributed by atoms with Crippen LogP contribution in [0.2, 0.25) is 0 Å². The minimum Gasteiger partial charge on any atom is -0.284 e. The summed E-state index contributed by atoms with van der Waals surface area (Å²) in [5.41, 5.74) is 0. The Kier molecular flexibility index (Phi) is 1.62. The normalized spacial score (nSPS) is 11.8. The molecule has 0 aliphatic carbocycles. The quantitative estimate of drug-likeness (QED) is 0.231. The first-order chi connectivity index (χ1) is 2.56. The Balaban J connectivity index is 3.17. The number of hydroxylamine groups is 3. The first-order valence-electron chi connectivity index (χ1n) is 1.93. The van der Waals surface area contributed by atoms with Crippen molar-refractivity contribution in [2.75, 3.05) is 21.1 Å². The number of hydrogen-bond donors (Lipinski definition) is 0. The molecule has 0 N–H and O–H groups in total. The lowest BCUT2D eigenvalue weighted by molar-refractivity contribution is -1.04. The van der Waals surface area contributed by atoms with Crippen LogP contribution < -0.4 is 0 Å². The van der Waals surface area contributed by atoms with E-state index >= 15 is 0 Å². The molecule has 3 heteroatoms. The lowest BCUT2D eigenvalue weighted by atomic mass is 10.6. The number of rotatable bonds is 1. The topological polar surface area (TPSA) is 9.23 Å². The molecule has 0 saturated carbocycles. The molecule has 0 rings (SSSR count). The molecule has 0 heterocycles. The largest absolute Gasteiger partial charge is 0.340 e. The minimum absolute atomic E-state index is 0.569.